The third-order valence-corrected chi connectivity index (χ3v) is 4.05. The van der Waals surface area contributed by atoms with Crippen LogP contribution in [0.2, 0.25) is 0 Å². The first kappa shape index (κ1) is 16.0. The van der Waals surface area contributed by atoms with E-state index in [9.17, 15) is 9.18 Å². The summed E-state index contributed by atoms with van der Waals surface area (Å²) in [5.41, 5.74) is 2.00. The minimum absolute atomic E-state index is 0.0622. The van der Waals surface area contributed by atoms with Crippen LogP contribution in [0, 0.1) is 5.82 Å². The molecule has 0 aliphatic carbocycles. The van der Waals surface area contributed by atoms with E-state index in [0.29, 0.717) is 17.7 Å². The van der Waals surface area contributed by atoms with Gasteiger partial charge >= 0.3 is 5.84 Å². The molecule has 6 nitrogen and oxygen atoms in total. The number of aromatic nitrogens is 3. The molecule has 0 spiro atoms. The smallest absolute Gasteiger partial charge is 0.325 e. The van der Waals surface area contributed by atoms with Gasteiger partial charge in [-0.05, 0) is 11.6 Å². The lowest BCUT2D eigenvalue weighted by atomic mass is 10.1. The van der Waals surface area contributed by atoms with Crippen molar-refractivity contribution in [3.63, 3.8) is 0 Å². The summed E-state index contributed by atoms with van der Waals surface area (Å²) in [7, 11) is 0. The number of hydrogen-bond donors (Lipinski definition) is 1. The zero-order valence-electron chi connectivity index (χ0n) is 13.7. The van der Waals surface area contributed by atoms with E-state index in [-0.39, 0.29) is 24.0 Å². The van der Waals surface area contributed by atoms with Gasteiger partial charge in [-0.15, -0.1) is 0 Å². The Hall–Kier alpha value is -3.48. The summed E-state index contributed by atoms with van der Waals surface area (Å²) >= 11 is 0. The van der Waals surface area contributed by atoms with Crippen LogP contribution >= 0.6 is 0 Å². The van der Waals surface area contributed by atoms with Gasteiger partial charge in [-0.25, -0.2) is 4.39 Å². The average molecular weight is 350 g/mol. The molecule has 1 N–H and O–H groups in total. The maximum atomic E-state index is 13.7. The molecule has 0 saturated heterocycles. The van der Waals surface area contributed by atoms with Crippen molar-refractivity contribution >= 4 is 11.8 Å². The number of carbonyl (C=O) groups excluding carboxylic acids is 1. The number of fused-ring (bicyclic) bond motifs is 1. The van der Waals surface area contributed by atoms with Gasteiger partial charge in [0.05, 0.1) is 0 Å². The molecule has 0 aliphatic heterocycles. The highest BCUT2D eigenvalue weighted by molar-refractivity contribution is 5.93. The number of amides is 1. The maximum Gasteiger partial charge on any atom is 0.325 e. The van der Waals surface area contributed by atoms with Crippen LogP contribution in [-0.4, -0.2) is 20.5 Å². The van der Waals surface area contributed by atoms with Crippen molar-refractivity contribution < 1.29 is 13.6 Å². The van der Waals surface area contributed by atoms with Gasteiger partial charge < -0.3 is 9.73 Å². The molecule has 2 aromatic carbocycles. The fourth-order valence-corrected chi connectivity index (χ4v) is 2.75. The van der Waals surface area contributed by atoms with Crippen LogP contribution in [-0.2, 0) is 13.0 Å². The molecule has 130 valence electrons. The second kappa shape index (κ2) is 6.79. The van der Waals surface area contributed by atoms with Crippen LogP contribution in [0.1, 0.15) is 27.4 Å². The second-order valence-electron chi connectivity index (χ2n) is 5.77. The van der Waals surface area contributed by atoms with Crippen LogP contribution in [0.4, 0.5) is 4.39 Å². The predicted octanol–water partition coefficient (Wildman–Crippen LogP) is 2.98. The van der Waals surface area contributed by atoms with Crippen molar-refractivity contribution in [1.82, 2.24) is 19.9 Å². The summed E-state index contributed by atoms with van der Waals surface area (Å²) in [5, 5.41) is 6.81. The SMILES string of the molecule is O=C(NCc1ccccc1F)c1oc2ncnn2c1Cc1ccccc1. The summed E-state index contributed by atoms with van der Waals surface area (Å²) in [6, 6.07) is 16.0. The van der Waals surface area contributed by atoms with Crippen molar-refractivity contribution in [2.24, 2.45) is 0 Å². The Labute approximate surface area is 148 Å². The first-order valence-corrected chi connectivity index (χ1v) is 8.09. The minimum Gasteiger partial charge on any atom is -0.416 e. The van der Waals surface area contributed by atoms with E-state index < -0.39 is 5.91 Å². The normalized spacial score (nSPS) is 11.0. The standard InChI is InChI=1S/C19H15FN4O2/c20-15-9-5-4-8-14(15)11-21-18(25)17-16(10-13-6-2-1-3-7-13)24-19(26-17)22-12-23-24/h1-9,12H,10-11H2,(H,21,25). The number of carbonyl (C=O) groups is 1. The van der Waals surface area contributed by atoms with Crippen molar-refractivity contribution in [2.75, 3.05) is 0 Å². The van der Waals surface area contributed by atoms with E-state index in [1.165, 1.54) is 16.9 Å². The quantitative estimate of drug-likeness (QED) is 0.601. The second-order valence-corrected chi connectivity index (χ2v) is 5.77. The lowest BCUT2D eigenvalue weighted by Crippen LogP contribution is -2.24. The Bertz CT molecular complexity index is 1060. The molecule has 2 heterocycles. The van der Waals surface area contributed by atoms with Gasteiger partial charge in [0.2, 0.25) is 5.76 Å². The van der Waals surface area contributed by atoms with Crippen LogP contribution in [0.15, 0.2) is 65.3 Å². The van der Waals surface area contributed by atoms with Gasteiger partial charge in [-0.3, -0.25) is 4.79 Å². The first-order chi connectivity index (χ1) is 12.7. The number of rotatable bonds is 5. The Kier molecular flexibility index (Phi) is 4.18. The number of nitrogens with zero attached hydrogens (tertiary/aromatic N) is 3. The molecule has 0 bridgehead atoms. The summed E-state index contributed by atoms with van der Waals surface area (Å²) in [6.45, 7) is 0.0622. The fourth-order valence-electron chi connectivity index (χ4n) is 2.75. The third kappa shape index (κ3) is 3.06. The van der Waals surface area contributed by atoms with E-state index in [1.54, 1.807) is 18.2 Å². The van der Waals surface area contributed by atoms with E-state index in [1.807, 2.05) is 30.3 Å². The Morgan fingerprint density at radius 3 is 2.69 bits per heavy atom. The number of nitrogens with one attached hydrogen (secondary N) is 1. The van der Waals surface area contributed by atoms with Crippen LogP contribution in [0.5, 0.6) is 0 Å². The Morgan fingerprint density at radius 2 is 1.88 bits per heavy atom. The van der Waals surface area contributed by atoms with Crippen molar-refractivity contribution in [1.29, 1.82) is 0 Å². The highest BCUT2D eigenvalue weighted by Crippen LogP contribution is 2.19. The zero-order valence-corrected chi connectivity index (χ0v) is 13.7. The molecule has 0 radical (unpaired) electrons. The molecule has 0 atom stereocenters. The average Bonchev–Trinajstić information content (AvgIpc) is 3.24. The number of benzene rings is 2. The summed E-state index contributed by atoms with van der Waals surface area (Å²) < 4.78 is 20.8. The summed E-state index contributed by atoms with van der Waals surface area (Å²) in [5.74, 6) is -0.438. The molecule has 0 saturated carbocycles. The molecule has 7 heteroatoms. The number of oxazole rings is 1. The van der Waals surface area contributed by atoms with Crippen molar-refractivity contribution in [3.8, 4) is 0 Å². The molecule has 4 rings (SSSR count). The van der Waals surface area contributed by atoms with E-state index in [2.05, 4.69) is 15.4 Å². The highest BCUT2D eigenvalue weighted by Gasteiger charge is 2.22. The lowest BCUT2D eigenvalue weighted by Gasteiger charge is -2.06. The highest BCUT2D eigenvalue weighted by atomic mass is 19.1. The molecular formula is C19H15FN4O2. The van der Waals surface area contributed by atoms with E-state index in [0.717, 1.165) is 5.56 Å². The van der Waals surface area contributed by atoms with E-state index >= 15 is 0 Å². The largest absolute Gasteiger partial charge is 0.416 e. The minimum atomic E-state index is -0.438. The van der Waals surface area contributed by atoms with Gasteiger partial charge in [0, 0.05) is 18.5 Å². The first-order valence-electron chi connectivity index (χ1n) is 8.09. The molecule has 0 fully saturated rings. The van der Waals surface area contributed by atoms with Crippen molar-refractivity contribution in [2.45, 2.75) is 13.0 Å². The molecule has 26 heavy (non-hydrogen) atoms. The third-order valence-electron chi connectivity index (χ3n) is 4.05. The maximum absolute atomic E-state index is 13.7. The Morgan fingerprint density at radius 1 is 1.12 bits per heavy atom. The summed E-state index contributed by atoms with van der Waals surface area (Å²) in [6.07, 6.45) is 1.83. The molecular weight excluding hydrogens is 335 g/mol. The van der Waals surface area contributed by atoms with Gasteiger partial charge in [0.1, 0.15) is 17.8 Å². The molecule has 1 amide bonds. The molecule has 2 aromatic heterocycles. The molecule has 0 aliphatic rings. The van der Waals surface area contributed by atoms with Gasteiger partial charge in [0.15, 0.2) is 0 Å². The predicted molar refractivity (Wildman–Crippen MR) is 92.1 cm³/mol. The van der Waals surface area contributed by atoms with Gasteiger partial charge in [-0.1, -0.05) is 48.5 Å². The van der Waals surface area contributed by atoms with Gasteiger partial charge in [-0.2, -0.15) is 14.6 Å². The van der Waals surface area contributed by atoms with Crippen LogP contribution in [0.3, 0.4) is 0 Å². The van der Waals surface area contributed by atoms with Crippen LogP contribution in [0.25, 0.3) is 5.84 Å². The monoisotopic (exact) mass is 350 g/mol. The molecule has 4 aromatic rings. The molecule has 0 unspecified atom stereocenters. The topological polar surface area (TPSA) is 72.4 Å². The lowest BCUT2D eigenvalue weighted by molar-refractivity contribution is 0.0923. The zero-order chi connectivity index (χ0) is 17.9. The number of halogens is 1. The number of hydrogen-bond acceptors (Lipinski definition) is 4. The van der Waals surface area contributed by atoms with Gasteiger partial charge in [0.25, 0.3) is 5.91 Å². The summed E-state index contributed by atoms with van der Waals surface area (Å²) in [4.78, 5) is 16.6. The van der Waals surface area contributed by atoms with Crippen LogP contribution < -0.4 is 5.32 Å². The van der Waals surface area contributed by atoms with E-state index in [4.69, 9.17) is 4.42 Å². The van der Waals surface area contributed by atoms with Crippen molar-refractivity contribution in [3.05, 3.63) is 89.3 Å². The Balaban J connectivity index is 1.61. The fraction of sp³-hybridized carbons (Fsp3) is 0.105.